The molecule has 2 aromatic rings. The van der Waals surface area contributed by atoms with E-state index in [0.29, 0.717) is 5.75 Å². The Labute approximate surface area is 104 Å². The molecule has 1 unspecified atom stereocenters. The first kappa shape index (κ1) is 12.3. The van der Waals surface area contributed by atoms with Gasteiger partial charge in [0.15, 0.2) is 0 Å². The summed E-state index contributed by atoms with van der Waals surface area (Å²) in [5, 5.41) is 12.5. The fraction of sp³-hybridized carbons (Fsp3) is 0.231. The molecular formula is C13H14N2O3. The van der Waals surface area contributed by atoms with Crippen LogP contribution in [0.4, 0.5) is 0 Å². The fourth-order valence-electron chi connectivity index (χ4n) is 1.64. The lowest BCUT2D eigenvalue weighted by Crippen LogP contribution is -2.39. The minimum absolute atomic E-state index is 0.0571. The Bertz CT molecular complexity index is 551. The molecule has 2 rings (SSSR count). The van der Waals surface area contributed by atoms with Crippen LogP contribution < -0.4 is 10.1 Å². The number of nitrogens with zero attached hydrogens (tertiary/aromatic N) is 1. The maximum absolute atomic E-state index is 10.9. The van der Waals surface area contributed by atoms with E-state index in [-0.39, 0.29) is 6.61 Å². The minimum Gasteiger partial charge on any atom is -0.489 e. The molecule has 0 spiro atoms. The molecule has 0 fully saturated rings. The summed E-state index contributed by atoms with van der Waals surface area (Å²) in [5.41, 5.74) is 0.736. The van der Waals surface area contributed by atoms with E-state index in [4.69, 9.17) is 9.84 Å². The summed E-state index contributed by atoms with van der Waals surface area (Å²) < 4.78 is 5.53. The summed E-state index contributed by atoms with van der Waals surface area (Å²) in [7, 11) is 1.59. The highest BCUT2D eigenvalue weighted by atomic mass is 16.5. The number of aromatic nitrogens is 1. The number of carbonyl (C=O) groups is 1. The van der Waals surface area contributed by atoms with Crippen molar-refractivity contribution in [3.8, 4) is 5.75 Å². The molecule has 5 heteroatoms. The summed E-state index contributed by atoms with van der Waals surface area (Å²) >= 11 is 0. The molecule has 0 amide bonds. The van der Waals surface area contributed by atoms with Crippen LogP contribution in [0.1, 0.15) is 0 Å². The van der Waals surface area contributed by atoms with Crippen molar-refractivity contribution >= 4 is 16.9 Å². The molecule has 0 aliphatic heterocycles. The molecule has 1 heterocycles. The van der Waals surface area contributed by atoms with Gasteiger partial charge in [-0.1, -0.05) is 18.2 Å². The molecule has 5 nitrogen and oxygen atoms in total. The number of benzene rings is 1. The van der Waals surface area contributed by atoms with Crippen molar-refractivity contribution in [2.24, 2.45) is 0 Å². The normalized spacial score (nSPS) is 12.3. The lowest BCUT2D eigenvalue weighted by Gasteiger charge is -2.13. The number of para-hydroxylation sites is 1. The Morgan fingerprint density at radius 3 is 2.94 bits per heavy atom. The van der Waals surface area contributed by atoms with Crippen LogP contribution in [-0.2, 0) is 4.79 Å². The van der Waals surface area contributed by atoms with Gasteiger partial charge in [0, 0.05) is 11.6 Å². The first-order valence-corrected chi connectivity index (χ1v) is 5.59. The quantitative estimate of drug-likeness (QED) is 0.831. The van der Waals surface area contributed by atoms with Gasteiger partial charge in [0.2, 0.25) is 0 Å². The Morgan fingerprint density at radius 1 is 1.44 bits per heavy atom. The Hall–Kier alpha value is -2.14. The van der Waals surface area contributed by atoms with E-state index in [1.54, 1.807) is 19.3 Å². The monoisotopic (exact) mass is 246 g/mol. The smallest absolute Gasteiger partial charge is 0.324 e. The lowest BCUT2D eigenvalue weighted by molar-refractivity contribution is -0.140. The molecule has 0 radical (unpaired) electrons. The minimum atomic E-state index is -0.939. The Kier molecular flexibility index (Phi) is 3.74. The second-order valence-corrected chi connectivity index (χ2v) is 3.82. The molecule has 2 N–H and O–H groups in total. The van der Waals surface area contributed by atoms with Crippen LogP contribution in [-0.4, -0.2) is 35.8 Å². The van der Waals surface area contributed by atoms with Crippen LogP contribution in [0.3, 0.4) is 0 Å². The third-order valence-corrected chi connectivity index (χ3v) is 2.65. The van der Waals surface area contributed by atoms with E-state index in [9.17, 15) is 4.79 Å². The molecule has 0 bridgehead atoms. The van der Waals surface area contributed by atoms with Crippen LogP contribution in [0.15, 0.2) is 36.5 Å². The maximum Gasteiger partial charge on any atom is 0.324 e. The van der Waals surface area contributed by atoms with E-state index in [1.807, 2.05) is 24.3 Å². The predicted octanol–water partition coefficient (Wildman–Crippen LogP) is 1.29. The second-order valence-electron chi connectivity index (χ2n) is 3.82. The second kappa shape index (κ2) is 5.46. The number of hydrogen-bond acceptors (Lipinski definition) is 4. The first-order valence-electron chi connectivity index (χ1n) is 5.59. The third kappa shape index (κ3) is 2.57. The van der Waals surface area contributed by atoms with Crippen molar-refractivity contribution in [3.63, 3.8) is 0 Å². The number of ether oxygens (including phenoxy) is 1. The van der Waals surface area contributed by atoms with Gasteiger partial charge in [0.1, 0.15) is 23.9 Å². The van der Waals surface area contributed by atoms with Crippen LogP contribution in [0, 0.1) is 0 Å². The molecule has 18 heavy (non-hydrogen) atoms. The zero-order valence-electron chi connectivity index (χ0n) is 9.96. The van der Waals surface area contributed by atoms with Crippen LogP contribution in [0.2, 0.25) is 0 Å². The van der Waals surface area contributed by atoms with Gasteiger partial charge in [-0.05, 0) is 19.2 Å². The van der Waals surface area contributed by atoms with Gasteiger partial charge in [-0.2, -0.15) is 0 Å². The number of aliphatic carboxylic acids is 1. The van der Waals surface area contributed by atoms with Gasteiger partial charge in [0.05, 0.1) is 0 Å². The number of carboxylic acids is 1. The van der Waals surface area contributed by atoms with E-state index < -0.39 is 12.0 Å². The molecule has 0 aliphatic rings. The van der Waals surface area contributed by atoms with Gasteiger partial charge < -0.3 is 15.2 Å². The maximum atomic E-state index is 10.9. The van der Waals surface area contributed by atoms with Gasteiger partial charge in [-0.15, -0.1) is 0 Å². The molecule has 0 saturated heterocycles. The number of pyridine rings is 1. The molecule has 1 aromatic carbocycles. The number of rotatable bonds is 5. The lowest BCUT2D eigenvalue weighted by atomic mass is 10.2. The molecule has 0 saturated carbocycles. The molecule has 1 aromatic heterocycles. The standard InChI is InChI=1S/C13H14N2O3/c1-14-10(13(16)17)8-18-11-6-2-4-9-5-3-7-15-12(9)11/h2-7,10,14H,8H2,1H3,(H,16,17). The predicted molar refractivity (Wildman–Crippen MR) is 67.7 cm³/mol. The SMILES string of the molecule is CNC(COc1cccc2cccnc12)C(=O)O. The van der Waals surface area contributed by atoms with Crippen molar-refractivity contribution in [3.05, 3.63) is 36.5 Å². The van der Waals surface area contributed by atoms with Gasteiger partial charge in [-0.25, -0.2) is 0 Å². The number of nitrogens with one attached hydrogen (secondary N) is 1. The van der Waals surface area contributed by atoms with Crippen molar-refractivity contribution in [1.29, 1.82) is 0 Å². The fourth-order valence-corrected chi connectivity index (χ4v) is 1.64. The Morgan fingerprint density at radius 2 is 2.22 bits per heavy atom. The average Bonchev–Trinajstić information content (AvgIpc) is 2.39. The largest absolute Gasteiger partial charge is 0.489 e. The van der Waals surface area contributed by atoms with Gasteiger partial charge in [-0.3, -0.25) is 9.78 Å². The molecular weight excluding hydrogens is 232 g/mol. The van der Waals surface area contributed by atoms with Crippen molar-refractivity contribution in [1.82, 2.24) is 10.3 Å². The molecule has 0 aliphatic carbocycles. The van der Waals surface area contributed by atoms with Crippen molar-refractivity contribution in [2.75, 3.05) is 13.7 Å². The zero-order chi connectivity index (χ0) is 13.0. The van der Waals surface area contributed by atoms with Gasteiger partial charge in [0.25, 0.3) is 0 Å². The van der Waals surface area contributed by atoms with Crippen LogP contribution in [0.25, 0.3) is 10.9 Å². The topological polar surface area (TPSA) is 71.5 Å². The number of likely N-dealkylation sites (N-methyl/N-ethyl adjacent to an activating group) is 1. The van der Waals surface area contributed by atoms with E-state index in [0.717, 1.165) is 10.9 Å². The summed E-state index contributed by atoms with van der Waals surface area (Å²) in [6, 6.07) is 8.62. The summed E-state index contributed by atoms with van der Waals surface area (Å²) in [4.78, 5) is 15.1. The average molecular weight is 246 g/mol. The first-order chi connectivity index (χ1) is 8.72. The van der Waals surface area contributed by atoms with E-state index in [2.05, 4.69) is 10.3 Å². The van der Waals surface area contributed by atoms with Crippen LogP contribution in [0.5, 0.6) is 5.75 Å². The van der Waals surface area contributed by atoms with E-state index >= 15 is 0 Å². The summed E-state index contributed by atoms with van der Waals surface area (Å²) in [5.74, 6) is -0.347. The van der Waals surface area contributed by atoms with Crippen molar-refractivity contribution < 1.29 is 14.6 Å². The third-order valence-electron chi connectivity index (χ3n) is 2.65. The summed E-state index contributed by atoms with van der Waals surface area (Å²) in [6.07, 6.45) is 1.68. The highest BCUT2D eigenvalue weighted by Gasteiger charge is 2.16. The number of fused-ring (bicyclic) bond motifs is 1. The highest BCUT2D eigenvalue weighted by Crippen LogP contribution is 2.22. The number of hydrogen-bond donors (Lipinski definition) is 2. The van der Waals surface area contributed by atoms with E-state index in [1.165, 1.54) is 0 Å². The zero-order valence-corrected chi connectivity index (χ0v) is 9.96. The van der Waals surface area contributed by atoms with Crippen LogP contribution >= 0.6 is 0 Å². The number of carboxylic acid groups (broad SMARTS) is 1. The molecule has 94 valence electrons. The van der Waals surface area contributed by atoms with Gasteiger partial charge >= 0.3 is 5.97 Å². The summed E-state index contributed by atoms with van der Waals surface area (Å²) in [6.45, 7) is 0.0571. The highest BCUT2D eigenvalue weighted by molar-refractivity contribution is 5.84. The van der Waals surface area contributed by atoms with Crippen molar-refractivity contribution in [2.45, 2.75) is 6.04 Å². The Balaban J connectivity index is 2.19. The molecule has 1 atom stereocenters.